The lowest BCUT2D eigenvalue weighted by Gasteiger charge is -2.11. The summed E-state index contributed by atoms with van der Waals surface area (Å²) in [5, 5.41) is 5.58. The van der Waals surface area contributed by atoms with E-state index in [0.29, 0.717) is 34.4 Å². The molecule has 0 bridgehead atoms. The Labute approximate surface area is 202 Å². The van der Waals surface area contributed by atoms with Gasteiger partial charge in [-0.3, -0.25) is 0 Å². The van der Waals surface area contributed by atoms with E-state index in [4.69, 9.17) is 36.9 Å². The number of halogens is 1. The third-order valence-electron chi connectivity index (χ3n) is 5.80. The lowest BCUT2D eigenvalue weighted by atomic mass is 10.0. The standard InChI is InChI=1S/C27H23ClN4O2/c1-33-23-13-10-19(15-24(23)34-2)21-16-30-27-25(18-8-11-20(28)12-9-18)22(31-32(27)26(21)29)14-17-6-4-3-5-7-17/h3-13,15-16H,14,29H2,1-2H3. The van der Waals surface area contributed by atoms with Gasteiger partial charge in [-0.2, -0.15) is 9.61 Å². The number of hydrogen-bond acceptors (Lipinski definition) is 5. The molecule has 5 rings (SSSR count). The van der Waals surface area contributed by atoms with Crippen LogP contribution in [0.3, 0.4) is 0 Å². The van der Waals surface area contributed by atoms with E-state index in [1.165, 1.54) is 0 Å². The number of fused-ring (bicyclic) bond motifs is 1. The maximum Gasteiger partial charge on any atom is 0.165 e. The van der Waals surface area contributed by atoms with Crippen LogP contribution in [0.1, 0.15) is 11.3 Å². The summed E-state index contributed by atoms with van der Waals surface area (Å²) < 4.78 is 12.5. The molecule has 0 atom stereocenters. The Morgan fingerprint density at radius 2 is 1.59 bits per heavy atom. The molecule has 2 aromatic heterocycles. The van der Waals surface area contributed by atoms with Crippen LogP contribution in [0.2, 0.25) is 5.02 Å². The van der Waals surface area contributed by atoms with Gasteiger partial charge in [0.25, 0.3) is 0 Å². The Balaban J connectivity index is 1.69. The van der Waals surface area contributed by atoms with Gasteiger partial charge in [0.1, 0.15) is 5.82 Å². The van der Waals surface area contributed by atoms with E-state index in [2.05, 4.69) is 12.1 Å². The molecule has 0 radical (unpaired) electrons. The van der Waals surface area contributed by atoms with Gasteiger partial charge in [-0.15, -0.1) is 0 Å². The second-order valence-corrected chi connectivity index (χ2v) is 8.29. The molecule has 7 heteroatoms. The van der Waals surface area contributed by atoms with Gasteiger partial charge < -0.3 is 15.2 Å². The van der Waals surface area contributed by atoms with Gasteiger partial charge in [0.05, 0.1) is 25.5 Å². The summed E-state index contributed by atoms with van der Waals surface area (Å²) in [5.74, 6) is 1.76. The predicted octanol–water partition coefficient (Wildman–Crippen LogP) is 5.91. The first-order valence-electron chi connectivity index (χ1n) is 10.8. The van der Waals surface area contributed by atoms with Crippen molar-refractivity contribution in [3.8, 4) is 33.8 Å². The summed E-state index contributed by atoms with van der Waals surface area (Å²) in [7, 11) is 3.21. The van der Waals surface area contributed by atoms with Crippen molar-refractivity contribution in [1.82, 2.24) is 14.6 Å². The topological polar surface area (TPSA) is 74.7 Å². The summed E-state index contributed by atoms with van der Waals surface area (Å²) in [5.41, 5.74) is 12.9. The van der Waals surface area contributed by atoms with Crippen molar-refractivity contribution >= 4 is 23.1 Å². The minimum absolute atomic E-state index is 0.492. The number of rotatable bonds is 6. The first-order chi connectivity index (χ1) is 16.6. The van der Waals surface area contributed by atoms with Crippen molar-refractivity contribution < 1.29 is 9.47 Å². The second kappa shape index (κ2) is 9.08. The van der Waals surface area contributed by atoms with Crippen LogP contribution in [-0.2, 0) is 6.42 Å². The van der Waals surface area contributed by atoms with E-state index in [1.54, 1.807) is 24.9 Å². The summed E-state index contributed by atoms with van der Waals surface area (Å²) in [4.78, 5) is 4.79. The van der Waals surface area contributed by atoms with Gasteiger partial charge in [-0.1, -0.05) is 60.1 Å². The Morgan fingerprint density at radius 3 is 2.29 bits per heavy atom. The smallest absolute Gasteiger partial charge is 0.165 e. The SMILES string of the molecule is COc1ccc(-c2cnc3c(-c4ccc(Cl)cc4)c(Cc4ccccc4)nn3c2N)cc1OC. The number of nitrogens with two attached hydrogens (primary N) is 1. The molecule has 0 spiro atoms. The summed E-state index contributed by atoms with van der Waals surface area (Å²) in [6.07, 6.45) is 2.42. The molecule has 0 saturated heterocycles. The Hall–Kier alpha value is -4.03. The average Bonchev–Trinajstić information content (AvgIpc) is 3.23. The zero-order valence-electron chi connectivity index (χ0n) is 18.8. The molecule has 0 unspecified atom stereocenters. The van der Waals surface area contributed by atoms with Crippen molar-refractivity contribution in [2.75, 3.05) is 20.0 Å². The predicted molar refractivity (Wildman–Crippen MR) is 136 cm³/mol. The maximum absolute atomic E-state index is 6.66. The molecule has 2 N–H and O–H groups in total. The molecular weight excluding hydrogens is 448 g/mol. The molecule has 0 saturated carbocycles. The van der Waals surface area contributed by atoms with Crippen LogP contribution in [-0.4, -0.2) is 28.8 Å². The summed E-state index contributed by atoms with van der Waals surface area (Å²) in [6.45, 7) is 0. The molecule has 0 fully saturated rings. The molecule has 34 heavy (non-hydrogen) atoms. The average molecular weight is 471 g/mol. The number of hydrogen-bond donors (Lipinski definition) is 1. The van der Waals surface area contributed by atoms with Crippen LogP contribution in [0.4, 0.5) is 5.82 Å². The number of nitrogens with zero attached hydrogens (tertiary/aromatic N) is 3. The Bertz CT molecular complexity index is 1460. The molecule has 0 amide bonds. The Kier molecular flexibility index (Phi) is 5.82. The summed E-state index contributed by atoms with van der Waals surface area (Å²) >= 11 is 6.15. The lowest BCUT2D eigenvalue weighted by Crippen LogP contribution is -2.03. The van der Waals surface area contributed by atoms with Crippen LogP contribution in [0.15, 0.2) is 79.0 Å². The van der Waals surface area contributed by atoms with E-state index >= 15 is 0 Å². The van der Waals surface area contributed by atoms with E-state index in [9.17, 15) is 0 Å². The maximum atomic E-state index is 6.66. The minimum Gasteiger partial charge on any atom is -0.493 e. The number of benzene rings is 3. The highest BCUT2D eigenvalue weighted by Gasteiger charge is 2.20. The van der Waals surface area contributed by atoms with Crippen molar-refractivity contribution in [1.29, 1.82) is 0 Å². The zero-order chi connectivity index (χ0) is 23.7. The van der Waals surface area contributed by atoms with Gasteiger partial charge in [-0.05, 0) is 41.0 Å². The van der Waals surface area contributed by atoms with Crippen molar-refractivity contribution in [3.63, 3.8) is 0 Å². The first-order valence-corrected chi connectivity index (χ1v) is 11.1. The highest BCUT2D eigenvalue weighted by molar-refractivity contribution is 6.30. The normalized spacial score (nSPS) is 11.0. The van der Waals surface area contributed by atoms with Crippen LogP contribution in [0.5, 0.6) is 11.5 Å². The van der Waals surface area contributed by atoms with Crippen molar-refractivity contribution in [2.24, 2.45) is 0 Å². The van der Waals surface area contributed by atoms with Crippen molar-refractivity contribution in [2.45, 2.75) is 6.42 Å². The van der Waals surface area contributed by atoms with E-state index < -0.39 is 0 Å². The van der Waals surface area contributed by atoms with Crippen LogP contribution in [0, 0.1) is 0 Å². The molecule has 0 aliphatic heterocycles. The van der Waals surface area contributed by atoms with Gasteiger partial charge in [-0.25, -0.2) is 4.98 Å². The molecule has 0 aliphatic rings. The molecule has 5 aromatic rings. The highest BCUT2D eigenvalue weighted by atomic mass is 35.5. The van der Waals surface area contributed by atoms with Crippen LogP contribution >= 0.6 is 11.6 Å². The third kappa shape index (κ3) is 3.93. The van der Waals surface area contributed by atoms with E-state index in [1.807, 2.05) is 60.7 Å². The quantitative estimate of drug-likeness (QED) is 0.334. The minimum atomic E-state index is 0.492. The van der Waals surface area contributed by atoms with Gasteiger partial charge >= 0.3 is 0 Å². The molecule has 2 heterocycles. The number of aromatic nitrogens is 3. The fourth-order valence-electron chi connectivity index (χ4n) is 4.10. The van der Waals surface area contributed by atoms with E-state index in [0.717, 1.165) is 33.5 Å². The molecule has 0 aliphatic carbocycles. The van der Waals surface area contributed by atoms with E-state index in [-0.39, 0.29) is 0 Å². The molecule has 6 nitrogen and oxygen atoms in total. The second-order valence-electron chi connectivity index (χ2n) is 7.85. The first kappa shape index (κ1) is 21.8. The number of anilines is 1. The number of methoxy groups -OCH3 is 2. The van der Waals surface area contributed by atoms with Crippen molar-refractivity contribution in [3.05, 3.63) is 95.3 Å². The summed E-state index contributed by atoms with van der Waals surface area (Å²) in [6, 6.07) is 23.6. The molecular formula is C27H23ClN4O2. The van der Waals surface area contributed by atoms with Gasteiger partial charge in [0.2, 0.25) is 0 Å². The van der Waals surface area contributed by atoms with Gasteiger partial charge in [0.15, 0.2) is 17.1 Å². The molecule has 170 valence electrons. The zero-order valence-corrected chi connectivity index (χ0v) is 19.6. The fourth-order valence-corrected chi connectivity index (χ4v) is 4.22. The highest BCUT2D eigenvalue weighted by Crippen LogP contribution is 2.37. The monoisotopic (exact) mass is 470 g/mol. The number of ether oxygens (including phenoxy) is 2. The van der Waals surface area contributed by atoms with Crippen LogP contribution in [0.25, 0.3) is 27.9 Å². The lowest BCUT2D eigenvalue weighted by molar-refractivity contribution is 0.355. The number of nitrogen functional groups attached to an aromatic ring is 1. The Morgan fingerprint density at radius 1 is 0.882 bits per heavy atom. The largest absolute Gasteiger partial charge is 0.493 e. The fraction of sp³-hybridized carbons (Fsp3) is 0.111. The van der Waals surface area contributed by atoms with Crippen LogP contribution < -0.4 is 15.2 Å². The third-order valence-corrected chi connectivity index (χ3v) is 6.05. The van der Waals surface area contributed by atoms with Gasteiger partial charge in [0, 0.05) is 23.2 Å². The molecule has 3 aromatic carbocycles.